The summed E-state index contributed by atoms with van der Waals surface area (Å²) in [6, 6.07) is 2.71. The number of nitriles is 1. The Morgan fingerprint density at radius 3 is 2.67 bits per heavy atom. The summed E-state index contributed by atoms with van der Waals surface area (Å²) in [5.74, 6) is -1.63. The third kappa shape index (κ3) is 2.04. The maximum absolute atomic E-state index is 11.8. The summed E-state index contributed by atoms with van der Waals surface area (Å²) in [5.41, 5.74) is -0.0678. The first kappa shape index (κ1) is 13.4. The Morgan fingerprint density at radius 2 is 2.17 bits per heavy atom. The van der Waals surface area contributed by atoms with Crippen molar-refractivity contribution in [2.75, 3.05) is 5.75 Å². The zero-order valence-electron chi connectivity index (χ0n) is 8.77. The zero-order chi connectivity index (χ0) is 13.7. The minimum atomic E-state index is -4.03. The van der Waals surface area contributed by atoms with Crippen LogP contribution < -0.4 is 5.14 Å². The number of nitrogens with zero attached hydrogens (tertiary/aromatic N) is 1. The van der Waals surface area contributed by atoms with Crippen molar-refractivity contribution in [3.63, 3.8) is 0 Å². The molecule has 3 N–H and O–H groups in total. The third-order valence-corrected chi connectivity index (χ3v) is 7.51. The smallest absolute Gasteiger partial charge is 0.247 e. The first-order chi connectivity index (χ1) is 8.16. The van der Waals surface area contributed by atoms with Gasteiger partial charge < -0.3 is 5.11 Å². The van der Waals surface area contributed by atoms with E-state index in [-0.39, 0.29) is 14.0 Å². The van der Waals surface area contributed by atoms with Crippen LogP contribution in [-0.4, -0.2) is 27.7 Å². The highest BCUT2D eigenvalue weighted by atomic mass is 32.3. The lowest BCUT2D eigenvalue weighted by atomic mass is 10.0. The Bertz CT molecular complexity index is 740. The molecule has 1 aromatic rings. The summed E-state index contributed by atoms with van der Waals surface area (Å²) >= 11 is 0.495. The minimum Gasteiger partial charge on any atom is -0.387 e. The Morgan fingerprint density at radius 1 is 1.56 bits per heavy atom. The van der Waals surface area contributed by atoms with E-state index in [0.29, 0.717) is 11.3 Å². The van der Waals surface area contributed by atoms with E-state index < -0.39 is 37.6 Å². The van der Waals surface area contributed by atoms with Crippen molar-refractivity contribution in [3.05, 3.63) is 11.6 Å². The highest BCUT2D eigenvalue weighted by molar-refractivity contribution is 7.95. The second-order valence-electron chi connectivity index (χ2n) is 3.82. The Balaban J connectivity index is 2.72. The lowest BCUT2D eigenvalue weighted by Crippen LogP contribution is -2.27. The molecule has 1 aliphatic rings. The number of sulfonamides is 1. The summed E-state index contributed by atoms with van der Waals surface area (Å²) in [4.78, 5) is 0. The molecule has 1 aliphatic heterocycles. The van der Waals surface area contributed by atoms with Gasteiger partial charge in [0.25, 0.3) is 0 Å². The third-order valence-electron chi connectivity index (χ3n) is 2.53. The maximum atomic E-state index is 11.8. The number of aliphatic hydroxyl groups is 1. The van der Waals surface area contributed by atoms with E-state index in [0.717, 1.165) is 6.07 Å². The molecule has 1 aromatic heterocycles. The van der Waals surface area contributed by atoms with Gasteiger partial charge in [-0.05, 0) is 6.07 Å². The van der Waals surface area contributed by atoms with Gasteiger partial charge in [-0.1, -0.05) is 0 Å². The number of thiophene rings is 1. The fourth-order valence-corrected chi connectivity index (χ4v) is 5.91. The van der Waals surface area contributed by atoms with Crippen molar-refractivity contribution in [3.8, 4) is 6.07 Å². The molecule has 0 radical (unpaired) electrons. The van der Waals surface area contributed by atoms with E-state index in [1.54, 1.807) is 6.07 Å². The van der Waals surface area contributed by atoms with Crippen LogP contribution in [0.3, 0.4) is 0 Å². The van der Waals surface area contributed by atoms with Crippen molar-refractivity contribution in [1.82, 2.24) is 0 Å². The van der Waals surface area contributed by atoms with Crippen LogP contribution in [-0.2, 0) is 19.9 Å². The van der Waals surface area contributed by atoms with Crippen molar-refractivity contribution in [2.24, 2.45) is 11.1 Å². The van der Waals surface area contributed by atoms with Crippen molar-refractivity contribution >= 4 is 31.2 Å². The van der Waals surface area contributed by atoms with E-state index in [9.17, 15) is 21.9 Å². The van der Waals surface area contributed by atoms with E-state index >= 15 is 0 Å². The van der Waals surface area contributed by atoms with E-state index in [4.69, 9.17) is 10.4 Å². The topological polar surface area (TPSA) is 138 Å². The van der Waals surface area contributed by atoms with Gasteiger partial charge in [0.15, 0.2) is 9.84 Å². The second kappa shape index (κ2) is 4.01. The number of aliphatic hydroxyl groups excluding tert-OH is 1. The van der Waals surface area contributed by atoms with Gasteiger partial charge in [-0.3, -0.25) is 0 Å². The molecule has 0 saturated carbocycles. The average molecular weight is 308 g/mol. The number of hydrogen-bond donors (Lipinski definition) is 2. The highest BCUT2D eigenvalue weighted by Crippen LogP contribution is 2.41. The Kier molecular flexibility index (Phi) is 2.99. The lowest BCUT2D eigenvalue weighted by molar-refractivity contribution is 0.138. The van der Waals surface area contributed by atoms with Crippen LogP contribution in [0.15, 0.2) is 14.5 Å². The summed E-state index contributed by atoms with van der Waals surface area (Å²) in [7, 11) is -7.79. The van der Waals surface area contributed by atoms with Crippen LogP contribution in [0.4, 0.5) is 0 Å². The minimum absolute atomic E-state index is 0.0678. The van der Waals surface area contributed by atoms with Gasteiger partial charge in [0.1, 0.15) is 8.42 Å². The number of sulfone groups is 1. The van der Waals surface area contributed by atoms with Gasteiger partial charge in [0, 0.05) is 5.56 Å². The Labute approximate surface area is 107 Å². The lowest BCUT2D eigenvalue weighted by Gasteiger charge is -2.22. The van der Waals surface area contributed by atoms with Gasteiger partial charge in [0.05, 0.1) is 23.8 Å². The predicted octanol–water partition coefficient (Wildman–Crippen LogP) is -0.644. The molecule has 0 amide bonds. The fraction of sp³-hybridized carbons (Fsp3) is 0.375. The molecule has 0 aliphatic carbocycles. The maximum Gasteiger partial charge on any atom is 0.247 e. The molecule has 0 saturated heterocycles. The number of hydrogen-bond acceptors (Lipinski definition) is 7. The van der Waals surface area contributed by atoms with Gasteiger partial charge in [0.2, 0.25) is 10.0 Å². The summed E-state index contributed by atoms with van der Waals surface area (Å²) in [6.07, 6.45) is -1.32. The predicted molar refractivity (Wildman–Crippen MR) is 61.8 cm³/mol. The molecule has 2 unspecified atom stereocenters. The normalized spacial score (nSPS) is 26.3. The molecular weight excluding hydrogens is 300 g/mol. The molecule has 0 spiro atoms. The zero-order valence-corrected chi connectivity index (χ0v) is 11.2. The largest absolute Gasteiger partial charge is 0.387 e. The van der Waals surface area contributed by atoms with Gasteiger partial charge in [-0.15, -0.1) is 11.3 Å². The van der Waals surface area contributed by atoms with Crippen molar-refractivity contribution in [1.29, 1.82) is 5.26 Å². The first-order valence-electron chi connectivity index (χ1n) is 4.64. The van der Waals surface area contributed by atoms with Crippen LogP contribution in [0.1, 0.15) is 11.7 Å². The summed E-state index contributed by atoms with van der Waals surface area (Å²) < 4.78 is 45.4. The van der Waals surface area contributed by atoms with E-state index in [1.807, 2.05) is 0 Å². The van der Waals surface area contributed by atoms with Crippen LogP contribution in [0.5, 0.6) is 0 Å². The molecule has 2 heterocycles. The van der Waals surface area contributed by atoms with Gasteiger partial charge in [-0.25, -0.2) is 22.0 Å². The molecule has 0 aromatic carbocycles. The van der Waals surface area contributed by atoms with Gasteiger partial charge >= 0.3 is 0 Å². The SMILES string of the molecule is N#CC1CS(=O)(=O)c2sc(S(N)(=O)=O)cc2C1O. The van der Waals surface area contributed by atoms with Crippen LogP contribution in [0.2, 0.25) is 0 Å². The summed E-state index contributed by atoms with van der Waals surface area (Å²) in [5, 5.41) is 23.5. The first-order valence-corrected chi connectivity index (χ1v) is 8.65. The van der Waals surface area contributed by atoms with Crippen LogP contribution in [0.25, 0.3) is 0 Å². The molecule has 18 heavy (non-hydrogen) atoms. The number of fused-ring (bicyclic) bond motifs is 1. The fourth-order valence-electron chi connectivity index (χ4n) is 1.68. The van der Waals surface area contributed by atoms with Crippen LogP contribution >= 0.6 is 11.3 Å². The monoisotopic (exact) mass is 308 g/mol. The van der Waals surface area contributed by atoms with E-state index in [1.165, 1.54) is 0 Å². The molecule has 2 rings (SSSR count). The molecule has 0 fully saturated rings. The molecule has 10 heteroatoms. The van der Waals surface area contributed by atoms with Crippen LogP contribution in [0, 0.1) is 17.2 Å². The van der Waals surface area contributed by atoms with Crippen molar-refractivity contribution < 1.29 is 21.9 Å². The number of primary sulfonamides is 1. The number of rotatable bonds is 1. The van der Waals surface area contributed by atoms with E-state index in [2.05, 4.69) is 0 Å². The molecule has 98 valence electrons. The second-order valence-corrected chi connectivity index (χ2v) is 8.89. The Hall–Kier alpha value is -0.990. The molecular formula is C8H8N2O5S3. The highest BCUT2D eigenvalue weighted by Gasteiger charge is 2.40. The standard InChI is InChI=1S/C8H8N2O5S3/c9-2-4-3-17(12,13)8-5(7(4)11)1-6(16-8)18(10,14)15/h1,4,7,11H,3H2,(H2,10,14,15). The molecule has 0 bridgehead atoms. The average Bonchev–Trinajstić information content (AvgIpc) is 2.69. The van der Waals surface area contributed by atoms with Gasteiger partial charge in [-0.2, -0.15) is 5.26 Å². The molecule has 7 nitrogen and oxygen atoms in total. The molecule has 2 atom stereocenters. The number of nitrogens with two attached hydrogens (primary N) is 1. The summed E-state index contributed by atoms with van der Waals surface area (Å²) in [6.45, 7) is 0. The quantitative estimate of drug-likeness (QED) is 0.707. The van der Waals surface area contributed by atoms with Crippen molar-refractivity contribution in [2.45, 2.75) is 14.5 Å².